The first-order valence-corrected chi connectivity index (χ1v) is 12.2. The second kappa shape index (κ2) is 9.99. The molecule has 1 heterocycles. The average molecular weight is 455 g/mol. The van der Waals surface area contributed by atoms with Gasteiger partial charge >= 0.3 is 0 Å². The lowest BCUT2D eigenvalue weighted by Crippen LogP contribution is -2.36. The van der Waals surface area contributed by atoms with Crippen molar-refractivity contribution in [3.8, 4) is 0 Å². The Hall–Kier alpha value is -4.17. The number of allylic oxidation sites excluding steroid dienone is 1. The molecule has 0 aliphatic rings. The van der Waals surface area contributed by atoms with E-state index in [0.717, 1.165) is 5.69 Å². The van der Waals surface area contributed by atoms with Crippen molar-refractivity contribution >= 4 is 11.6 Å². The molecular weight excluding hydrogens is 424 g/mol. The standard InChI is InChI=1S/C33H30N2/c1-26(2)32(27-15-7-3-8-16-27)23-31-24-35(25-34-31)33(28-17-9-4-10-18-28,29-19-11-5-12-20-29)30-21-13-6-14-22-30/h3-26H,1-2H3/b32-23-. The first-order valence-electron chi connectivity index (χ1n) is 12.2. The number of aromatic nitrogens is 2. The second-order valence-corrected chi connectivity index (χ2v) is 9.13. The minimum atomic E-state index is -0.548. The largest absolute Gasteiger partial charge is 0.318 e. The van der Waals surface area contributed by atoms with Gasteiger partial charge in [0.25, 0.3) is 0 Å². The maximum atomic E-state index is 4.89. The fourth-order valence-electron chi connectivity index (χ4n) is 4.95. The molecule has 0 saturated carbocycles. The minimum absolute atomic E-state index is 0.379. The van der Waals surface area contributed by atoms with Crippen LogP contribution in [0, 0.1) is 5.92 Å². The minimum Gasteiger partial charge on any atom is -0.318 e. The first kappa shape index (κ1) is 22.6. The van der Waals surface area contributed by atoms with E-state index in [4.69, 9.17) is 4.98 Å². The van der Waals surface area contributed by atoms with Gasteiger partial charge < -0.3 is 4.57 Å². The maximum Gasteiger partial charge on any atom is 0.121 e. The van der Waals surface area contributed by atoms with Crippen molar-refractivity contribution in [2.75, 3.05) is 0 Å². The zero-order valence-electron chi connectivity index (χ0n) is 20.3. The third kappa shape index (κ3) is 4.36. The Morgan fingerprint density at radius 2 is 1.09 bits per heavy atom. The van der Waals surface area contributed by atoms with Crippen LogP contribution in [0.2, 0.25) is 0 Å². The van der Waals surface area contributed by atoms with Gasteiger partial charge in [-0.2, -0.15) is 0 Å². The molecule has 0 spiro atoms. The summed E-state index contributed by atoms with van der Waals surface area (Å²) in [6, 6.07) is 42.7. The number of benzene rings is 4. The molecule has 0 aliphatic carbocycles. The van der Waals surface area contributed by atoms with Crippen molar-refractivity contribution in [2.24, 2.45) is 5.92 Å². The third-order valence-corrected chi connectivity index (χ3v) is 6.60. The number of hydrogen-bond acceptors (Lipinski definition) is 1. The molecule has 0 bridgehead atoms. The molecule has 0 amide bonds. The van der Waals surface area contributed by atoms with Crippen LogP contribution in [-0.2, 0) is 5.54 Å². The molecule has 4 aromatic carbocycles. The molecule has 172 valence electrons. The van der Waals surface area contributed by atoms with Gasteiger partial charge in [0.2, 0.25) is 0 Å². The van der Waals surface area contributed by atoms with E-state index in [1.165, 1.54) is 27.8 Å². The Morgan fingerprint density at radius 3 is 1.51 bits per heavy atom. The highest BCUT2D eigenvalue weighted by Crippen LogP contribution is 2.41. The van der Waals surface area contributed by atoms with Gasteiger partial charge in [-0.05, 0) is 39.8 Å². The zero-order valence-corrected chi connectivity index (χ0v) is 20.3. The molecule has 35 heavy (non-hydrogen) atoms. The molecule has 5 aromatic rings. The number of nitrogens with zero attached hydrogens (tertiary/aromatic N) is 2. The number of rotatable bonds is 7. The lowest BCUT2D eigenvalue weighted by Gasteiger charge is -2.37. The van der Waals surface area contributed by atoms with Crippen LogP contribution in [0.1, 0.15) is 41.8 Å². The molecule has 0 radical (unpaired) electrons. The average Bonchev–Trinajstić information content (AvgIpc) is 3.39. The van der Waals surface area contributed by atoms with Gasteiger partial charge in [-0.1, -0.05) is 135 Å². The third-order valence-electron chi connectivity index (χ3n) is 6.60. The molecule has 5 rings (SSSR count). The number of hydrogen-bond donors (Lipinski definition) is 0. The van der Waals surface area contributed by atoms with Gasteiger partial charge in [0.05, 0.1) is 12.0 Å². The van der Waals surface area contributed by atoms with Gasteiger partial charge in [-0.15, -0.1) is 0 Å². The van der Waals surface area contributed by atoms with Crippen LogP contribution < -0.4 is 0 Å². The highest BCUT2D eigenvalue weighted by atomic mass is 15.1. The smallest absolute Gasteiger partial charge is 0.121 e. The van der Waals surface area contributed by atoms with Gasteiger partial charge in [0, 0.05) is 6.20 Å². The summed E-state index contributed by atoms with van der Waals surface area (Å²) >= 11 is 0. The van der Waals surface area contributed by atoms with Crippen LogP contribution in [0.5, 0.6) is 0 Å². The zero-order chi connectivity index (χ0) is 24.1. The Kier molecular flexibility index (Phi) is 6.45. The maximum absolute atomic E-state index is 4.89. The van der Waals surface area contributed by atoms with E-state index in [1.54, 1.807) is 0 Å². The lowest BCUT2D eigenvalue weighted by molar-refractivity contribution is 0.514. The van der Waals surface area contributed by atoms with Crippen LogP contribution in [0.4, 0.5) is 0 Å². The van der Waals surface area contributed by atoms with Crippen molar-refractivity contribution in [1.82, 2.24) is 9.55 Å². The fourth-order valence-corrected chi connectivity index (χ4v) is 4.95. The molecule has 0 fully saturated rings. The van der Waals surface area contributed by atoms with Crippen LogP contribution in [-0.4, -0.2) is 9.55 Å². The number of imidazole rings is 1. The molecular formula is C33H30N2. The fraction of sp³-hybridized carbons (Fsp3) is 0.121. The summed E-state index contributed by atoms with van der Waals surface area (Å²) in [5.41, 5.74) is 6.49. The van der Waals surface area contributed by atoms with E-state index in [2.05, 4.69) is 152 Å². The quantitative estimate of drug-likeness (QED) is 0.228. The molecule has 0 unspecified atom stereocenters. The van der Waals surface area contributed by atoms with Crippen LogP contribution >= 0.6 is 0 Å². The monoisotopic (exact) mass is 454 g/mol. The van der Waals surface area contributed by atoms with E-state index < -0.39 is 5.54 Å². The van der Waals surface area contributed by atoms with Crippen molar-refractivity contribution < 1.29 is 0 Å². The summed E-state index contributed by atoms with van der Waals surface area (Å²) < 4.78 is 2.27. The Morgan fingerprint density at radius 1 is 0.657 bits per heavy atom. The van der Waals surface area contributed by atoms with Crippen LogP contribution in [0.15, 0.2) is 134 Å². The Bertz CT molecular complexity index is 1290. The Labute approximate surface area is 208 Å². The summed E-state index contributed by atoms with van der Waals surface area (Å²) in [5.74, 6) is 0.379. The topological polar surface area (TPSA) is 17.8 Å². The van der Waals surface area contributed by atoms with Gasteiger partial charge in [0.15, 0.2) is 0 Å². The second-order valence-electron chi connectivity index (χ2n) is 9.13. The van der Waals surface area contributed by atoms with Crippen molar-refractivity contribution in [3.05, 3.63) is 162 Å². The predicted octanol–water partition coefficient (Wildman–Crippen LogP) is 7.92. The summed E-state index contributed by atoms with van der Waals surface area (Å²) in [6.45, 7) is 4.47. The molecule has 0 N–H and O–H groups in total. The summed E-state index contributed by atoms with van der Waals surface area (Å²) in [5, 5.41) is 0. The summed E-state index contributed by atoms with van der Waals surface area (Å²) in [7, 11) is 0. The summed E-state index contributed by atoms with van der Waals surface area (Å²) in [6.07, 6.45) is 6.38. The molecule has 0 aliphatic heterocycles. The molecule has 2 nitrogen and oxygen atoms in total. The van der Waals surface area contributed by atoms with Gasteiger partial charge in [-0.3, -0.25) is 0 Å². The molecule has 0 atom stereocenters. The van der Waals surface area contributed by atoms with Crippen LogP contribution in [0.25, 0.3) is 11.6 Å². The van der Waals surface area contributed by atoms with Crippen LogP contribution in [0.3, 0.4) is 0 Å². The van der Waals surface area contributed by atoms with E-state index in [-0.39, 0.29) is 0 Å². The van der Waals surface area contributed by atoms with E-state index in [9.17, 15) is 0 Å². The Balaban J connectivity index is 1.74. The molecule has 1 aromatic heterocycles. The lowest BCUT2D eigenvalue weighted by atomic mass is 9.77. The SMILES string of the molecule is CC(C)/C(=C/c1cn(C(c2ccccc2)(c2ccccc2)c2ccccc2)cn1)c1ccccc1. The van der Waals surface area contributed by atoms with Crippen molar-refractivity contribution in [3.63, 3.8) is 0 Å². The van der Waals surface area contributed by atoms with Gasteiger partial charge in [-0.25, -0.2) is 4.98 Å². The van der Waals surface area contributed by atoms with E-state index in [1.807, 2.05) is 6.33 Å². The molecule has 2 heteroatoms. The van der Waals surface area contributed by atoms with Crippen molar-refractivity contribution in [2.45, 2.75) is 19.4 Å². The van der Waals surface area contributed by atoms with E-state index >= 15 is 0 Å². The highest BCUT2D eigenvalue weighted by Gasteiger charge is 2.38. The highest BCUT2D eigenvalue weighted by molar-refractivity contribution is 5.81. The predicted molar refractivity (Wildman–Crippen MR) is 146 cm³/mol. The summed E-state index contributed by atoms with van der Waals surface area (Å²) in [4.78, 5) is 4.89. The molecule has 0 saturated heterocycles. The van der Waals surface area contributed by atoms with Gasteiger partial charge in [0.1, 0.15) is 5.54 Å². The van der Waals surface area contributed by atoms with Crippen molar-refractivity contribution in [1.29, 1.82) is 0 Å². The first-order chi connectivity index (χ1) is 17.2. The van der Waals surface area contributed by atoms with E-state index in [0.29, 0.717) is 5.92 Å². The normalized spacial score (nSPS) is 12.1.